The zero-order chi connectivity index (χ0) is 12.1. The van der Waals surface area contributed by atoms with Crippen LogP contribution >= 0.6 is 0 Å². The molecule has 2 rings (SSSR count). The molecular weight excluding hydrogens is 212 g/mol. The number of furan rings is 1. The largest absolute Gasteiger partial charge is 0.469 e. The molecule has 3 heteroatoms. The van der Waals surface area contributed by atoms with Gasteiger partial charge in [-0.1, -0.05) is 6.07 Å². The first kappa shape index (κ1) is 11.6. The lowest BCUT2D eigenvalue weighted by Gasteiger charge is -2.14. The highest BCUT2D eigenvalue weighted by atomic mass is 16.3. The lowest BCUT2D eigenvalue weighted by molar-refractivity contribution is 0.495. The minimum absolute atomic E-state index is 0.391. The highest BCUT2D eigenvalue weighted by Crippen LogP contribution is 2.15. The molecule has 1 aromatic heterocycles. The number of aryl methyl sites for hydroxylation is 1. The molecule has 3 nitrogen and oxygen atoms in total. The van der Waals surface area contributed by atoms with Crippen LogP contribution in [0.25, 0.3) is 0 Å². The number of anilines is 2. The Morgan fingerprint density at radius 1 is 1.29 bits per heavy atom. The smallest absolute Gasteiger partial charge is 0.103 e. The molecule has 0 bridgehead atoms. The van der Waals surface area contributed by atoms with Gasteiger partial charge < -0.3 is 15.5 Å². The van der Waals surface area contributed by atoms with Crippen molar-refractivity contribution < 1.29 is 4.42 Å². The van der Waals surface area contributed by atoms with E-state index in [1.54, 1.807) is 6.26 Å². The average molecular weight is 230 g/mol. The fraction of sp³-hybridized carbons (Fsp3) is 0.286. The summed E-state index contributed by atoms with van der Waals surface area (Å²) in [6.45, 7) is 2.16. The molecule has 2 aromatic rings. The maximum absolute atomic E-state index is 5.73. The van der Waals surface area contributed by atoms with Crippen molar-refractivity contribution in [3.63, 3.8) is 0 Å². The van der Waals surface area contributed by atoms with Crippen molar-refractivity contribution in [3.05, 3.63) is 48.4 Å². The van der Waals surface area contributed by atoms with Gasteiger partial charge in [0, 0.05) is 23.8 Å². The fourth-order valence-corrected chi connectivity index (χ4v) is 1.80. The Balaban J connectivity index is 1.83. The number of hydrogen-bond acceptors (Lipinski definition) is 3. The van der Waals surface area contributed by atoms with E-state index in [1.165, 1.54) is 0 Å². The number of hydrogen-bond donors (Lipinski definition) is 2. The van der Waals surface area contributed by atoms with E-state index in [-0.39, 0.29) is 0 Å². The molecule has 0 aliphatic heterocycles. The van der Waals surface area contributed by atoms with Gasteiger partial charge in [0.2, 0.25) is 0 Å². The maximum Gasteiger partial charge on any atom is 0.103 e. The van der Waals surface area contributed by atoms with Gasteiger partial charge in [-0.25, -0.2) is 0 Å². The number of nitrogens with two attached hydrogens (primary N) is 1. The molecule has 90 valence electrons. The van der Waals surface area contributed by atoms with Crippen LogP contribution in [0.2, 0.25) is 0 Å². The summed E-state index contributed by atoms with van der Waals surface area (Å²) in [5.74, 6) is 1.03. The summed E-state index contributed by atoms with van der Waals surface area (Å²) < 4.78 is 5.31. The topological polar surface area (TPSA) is 51.2 Å². The third-order valence-corrected chi connectivity index (χ3v) is 2.70. The number of nitrogen functional groups attached to an aromatic ring is 1. The van der Waals surface area contributed by atoms with Crippen molar-refractivity contribution in [2.45, 2.75) is 25.8 Å². The Morgan fingerprint density at radius 2 is 2.18 bits per heavy atom. The van der Waals surface area contributed by atoms with E-state index in [0.29, 0.717) is 6.04 Å². The van der Waals surface area contributed by atoms with Crippen LogP contribution in [0.5, 0.6) is 0 Å². The van der Waals surface area contributed by atoms with Crippen LogP contribution in [0.15, 0.2) is 47.1 Å². The predicted molar refractivity (Wildman–Crippen MR) is 71.0 cm³/mol. The van der Waals surface area contributed by atoms with Gasteiger partial charge in [-0.3, -0.25) is 0 Å². The molecule has 0 aliphatic rings. The summed E-state index contributed by atoms with van der Waals surface area (Å²) >= 11 is 0. The van der Waals surface area contributed by atoms with Gasteiger partial charge in [-0.2, -0.15) is 0 Å². The van der Waals surface area contributed by atoms with Crippen molar-refractivity contribution in [2.24, 2.45) is 0 Å². The molecule has 1 aromatic carbocycles. The van der Waals surface area contributed by atoms with Gasteiger partial charge >= 0.3 is 0 Å². The molecule has 1 unspecified atom stereocenters. The summed E-state index contributed by atoms with van der Waals surface area (Å²) in [5.41, 5.74) is 7.58. The molecule has 1 atom stereocenters. The maximum atomic E-state index is 5.73. The highest BCUT2D eigenvalue weighted by molar-refractivity contribution is 5.54. The lowest BCUT2D eigenvalue weighted by Crippen LogP contribution is -2.15. The van der Waals surface area contributed by atoms with E-state index in [2.05, 4.69) is 12.2 Å². The summed E-state index contributed by atoms with van der Waals surface area (Å²) in [7, 11) is 0. The second kappa shape index (κ2) is 5.43. The van der Waals surface area contributed by atoms with Crippen LogP contribution in [-0.4, -0.2) is 6.04 Å². The Bertz CT molecular complexity index is 451. The molecule has 0 aliphatic carbocycles. The highest BCUT2D eigenvalue weighted by Gasteiger charge is 2.04. The number of benzene rings is 1. The molecule has 17 heavy (non-hydrogen) atoms. The first-order chi connectivity index (χ1) is 8.24. The number of rotatable bonds is 5. The quantitative estimate of drug-likeness (QED) is 0.775. The van der Waals surface area contributed by atoms with E-state index < -0.39 is 0 Å². The van der Waals surface area contributed by atoms with Crippen LogP contribution in [0.1, 0.15) is 19.1 Å². The Kier molecular flexibility index (Phi) is 3.70. The molecule has 0 saturated carbocycles. The van der Waals surface area contributed by atoms with Crippen molar-refractivity contribution in [3.8, 4) is 0 Å². The normalized spacial score (nSPS) is 12.3. The minimum atomic E-state index is 0.391. The second-order valence-corrected chi connectivity index (χ2v) is 4.29. The molecule has 0 amide bonds. The molecule has 0 radical (unpaired) electrons. The van der Waals surface area contributed by atoms with Crippen molar-refractivity contribution in [1.29, 1.82) is 0 Å². The second-order valence-electron chi connectivity index (χ2n) is 4.29. The summed E-state index contributed by atoms with van der Waals surface area (Å²) in [4.78, 5) is 0. The zero-order valence-corrected chi connectivity index (χ0v) is 10.0. The third kappa shape index (κ3) is 3.55. The van der Waals surface area contributed by atoms with Gasteiger partial charge in [-0.15, -0.1) is 0 Å². The first-order valence-electron chi connectivity index (χ1n) is 5.88. The predicted octanol–water partition coefficient (Wildman–Crippen LogP) is 3.30. The van der Waals surface area contributed by atoms with Gasteiger partial charge in [0.25, 0.3) is 0 Å². The van der Waals surface area contributed by atoms with Crippen LogP contribution in [-0.2, 0) is 6.42 Å². The molecule has 3 N–H and O–H groups in total. The molecular formula is C14H18N2O. The average Bonchev–Trinajstić information content (AvgIpc) is 2.79. The first-order valence-corrected chi connectivity index (χ1v) is 5.88. The Hall–Kier alpha value is -1.90. The van der Waals surface area contributed by atoms with E-state index in [0.717, 1.165) is 30.0 Å². The molecule has 0 saturated heterocycles. The van der Waals surface area contributed by atoms with Gasteiger partial charge in [0.15, 0.2) is 0 Å². The van der Waals surface area contributed by atoms with Crippen molar-refractivity contribution >= 4 is 11.4 Å². The summed E-state index contributed by atoms with van der Waals surface area (Å²) in [6, 6.07) is 12.1. The SMILES string of the molecule is CC(CCc1ccco1)Nc1cccc(N)c1. The van der Waals surface area contributed by atoms with Crippen LogP contribution < -0.4 is 11.1 Å². The minimum Gasteiger partial charge on any atom is -0.469 e. The standard InChI is InChI=1S/C14H18N2O/c1-11(7-8-14-6-3-9-17-14)16-13-5-2-4-12(15)10-13/h2-6,9-11,16H,7-8,15H2,1H3. The van der Waals surface area contributed by atoms with Crippen LogP contribution in [0.4, 0.5) is 11.4 Å². The van der Waals surface area contributed by atoms with E-state index >= 15 is 0 Å². The zero-order valence-electron chi connectivity index (χ0n) is 10.0. The lowest BCUT2D eigenvalue weighted by atomic mass is 10.1. The van der Waals surface area contributed by atoms with Crippen molar-refractivity contribution in [2.75, 3.05) is 11.1 Å². The van der Waals surface area contributed by atoms with Crippen LogP contribution in [0.3, 0.4) is 0 Å². The Labute approximate surface area is 102 Å². The third-order valence-electron chi connectivity index (χ3n) is 2.70. The van der Waals surface area contributed by atoms with Crippen molar-refractivity contribution in [1.82, 2.24) is 0 Å². The van der Waals surface area contributed by atoms with E-state index in [1.807, 2.05) is 36.4 Å². The Morgan fingerprint density at radius 3 is 2.88 bits per heavy atom. The monoisotopic (exact) mass is 230 g/mol. The van der Waals surface area contributed by atoms with Gasteiger partial charge in [0.05, 0.1) is 6.26 Å². The molecule has 0 fully saturated rings. The number of nitrogens with one attached hydrogen (secondary N) is 1. The summed E-state index contributed by atoms with van der Waals surface area (Å²) in [6.07, 6.45) is 3.69. The van der Waals surface area contributed by atoms with Crippen LogP contribution in [0, 0.1) is 0 Å². The summed E-state index contributed by atoms with van der Waals surface area (Å²) in [5, 5.41) is 3.42. The fourth-order valence-electron chi connectivity index (χ4n) is 1.80. The molecule has 1 heterocycles. The molecule has 0 spiro atoms. The van der Waals surface area contributed by atoms with E-state index in [4.69, 9.17) is 10.2 Å². The van der Waals surface area contributed by atoms with Gasteiger partial charge in [0.1, 0.15) is 5.76 Å². The van der Waals surface area contributed by atoms with E-state index in [9.17, 15) is 0 Å². The van der Waals surface area contributed by atoms with Gasteiger partial charge in [-0.05, 0) is 43.7 Å².